The van der Waals surface area contributed by atoms with E-state index < -0.39 is 0 Å². The van der Waals surface area contributed by atoms with Gasteiger partial charge in [0, 0.05) is 13.2 Å². The molecule has 0 saturated heterocycles. The molecule has 1 N–H and O–H groups in total. The van der Waals surface area contributed by atoms with Crippen LogP contribution in [0.5, 0.6) is 0 Å². The Morgan fingerprint density at radius 3 is 2.94 bits per heavy atom. The molecule has 1 heterocycles. The molecule has 1 aromatic heterocycles. The van der Waals surface area contributed by atoms with Crippen LogP contribution >= 0.6 is 15.9 Å². The predicted molar refractivity (Wildman–Crippen MR) is 66.4 cm³/mol. The Labute approximate surface area is 105 Å². The molecule has 3 atom stereocenters. The number of halogens is 1. The lowest BCUT2D eigenvalue weighted by Gasteiger charge is -2.23. The van der Waals surface area contributed by atoms with E-state index in [1.807, 2.05) is 12.1 Å². The zero-order valence-electron chi connectivity index (χ0n) is 9.70. The highest BCUT2D eigenvalue weighted by atomic mass is 79.9. The monoisotopic (exact) mass is 287 g/mol. The SMILES string of the molecule is COC1CCCC1NC(C)c1ccc(Br)o1. The Balaban J connectivity index is 1.94. The number of rotatable bonds is 4. The molecule has 3 unspecified atom stereocenters. The molecule has 2 rings (SSSR count). The first kappa shape index (κ1) is 12.1. The van der Waals surface area contributed by atoms with Crippen molar-refractivity contribution < 1.29 is 9.15 Å². The molecule has 4 heteroatoms. The maximum absolute atomic E-state index is 5.54. The lowest BCUT2D eigenvalue weighted by atomic mass is 10.1. The van der Waals surface area contributed by atoms with Crippen molar-refractivity contribution in [1.82, 2.24) is 5.32 Å². The Morgan fingerprint density at radius 2 is 2.31 bits per heavy atom. The molecule has 0 aromatic carbocycles. The molecule has 1 aliphatic rings. The molecular weight excluding hydrogens is 270 g/mol. The van der Waals surface area contributed by atoms with Crippen LogP contribution in [-0.4, -0.2) is 19.3 Å². The van der Waals surface area contributed by atoms with Gasteiger partial charge in [0.15, 0.2) is 4.67 Å². The van der Waals surface area contributed by atoms with Crippen LogP contribution in [0.25, 0.3) is 0 Å². The van der Waals surface area contributed by atoms with Crippen LogP contribution in [0.15, 0.2) is 21.2 Å². The molecule has 0 aliphatic heterocycles. The van der Waals surface area contributed by atoms with Gasteiger partial charge in [-0.15, -0.1) is 0 Å². The largest absolute Gasteiger partial charge is 0.453 e. The van der Waals surface area contributed by atoms with Crippen LogP contribution in [-0.2, 0) is 4.74 Å². The van der Waals surface area contributed by atoms with Gasteiger partial charge in [-0.25, -0.2) is 0 Å². The fourth-order valence-electron chi connectivity index (χ4n) is 2.36. The molecule has 0 spiro atoms. The number of hydrogen-bond donors (Lipinski definition) is 1. The minimum Gasteiger partial charge on any atom is -0.453 e. The smallest absolute Gasteiger partial charge is 0.169 e. The van der Waals surface area contributed by atoms with Crippen molar-refractivity contribution in [3.05, 3.63) is 22.6 Å². The van der Waals surface area contributed by atoms with E-state index in [0.29, 0.717) is 12.1 Å². The number of nitrogens with one attached hydrogen (secondary N) is 1. The molecule has 1 fully saturated rings. The summed E-state index contributed by atoms with van der Waals surface area (Å²) >= 11 is 3.32. The van der Waals surface area contributed by atoms with Crippen LogP contribution in [0.1, 0.15) is 38.0 Å². The summed E-state index contributed by atoms with van der Waals surface area (Å²) in [5, 5.41) is 3.57. The van der Waals surface area contributed by atoms with Gasteiger partial charge < -0.3 is 14.5 Å². The van der Waals surface area contributed by atoms with E-state index in [4.69, 9.17) is 9.15 Å². The second-order valence-electron chi connectivity index (χ2n) is 4.34. The van der Waals surface area contributed by atoms with Crippen LogP contribution in [0, 0.1) is 0 Å². The van der Waals surface area contributed by atoms with Crippen molar-refractivity contribution in [2.24, 2.45) is 0 Å². The molecular formula is C12H18BrNO2. The standard InChI is InChI=1S/C12H18BrNO2/c1-8(10-6-7-12(13)16-10)14-9-4-3-5-11(9)15-2/h6-9,11,14H,3-5H2,1-2H3. The summed E-state index contributed by atoms with van der Waals surface area (Å²) in [7, 11) is 1.79. The van der Waals surface area contributed by atoms with E-state index in [9.17, 15) is 0 Å². The van der Waals surface area contributed by atoms with Gasteiger partial charge in [-0.1, -0.05) is 0 Å². The van der Waals surface area contributed by atoms with Gasteiger partial charge in [-0.3, -0.25) is 0 Å². The molecule has 1 saturated carbocycles. The maximum Gasteiger partial charge on any atom is 0.169 e. The first-order chi connectivity index (χ1) is 7.70. The van der Waals surface area contributed by atoms with Gasteiger partial charge in [-0.05, 0) is 54.2 Å². The van der Waals surface area contributed by atoms with Crippen LogP contribution < -0.4 is 5.32 Å². The zero-order valence-corrected chi connectivity index (χ0v) is 11.3. The topological polar surface area (TPSA) is 34.4 Å². The average Bonchev–Trinajstić information content (AvgIpc) is 2.86. The summed E-state index contributed by atoms with van der Waals surface area (Å²) in [4.78, 5) is 0. The van der Waals surface area contributed by atoms with E-state index in [0.717, 1.165) is 16.9 Å². The van der Waals surface area contributed by atoms with Gasteiger partial charge in [0.25, 0.3) is 0 Å². The minimum atomic E-state index is 0.229. The Kier molecular flexibility index (Phi) is 4.05. The Bertz CT molecular complexity index is 340. The van der Waals surface area contributed by atoms with Crippen LogP contribution in [0.3, 0.4) is 0 Å². The van der Waals surface area contributed by atoms with E-state index >= 15 is 0 Å². The number of ether oxygens (including phenoxy) is 1. The summed E-state index contributed by atoms with van der Waals surface area (Å²) in [6, 6.07) is 4.60. The third-order valence-corrected chi connectivity index (χ3v) is 3.67. The second kappa shape index (κ2) is 5.34. The van der Waals surface area contributed by atoms with Crippen molar-refractivity contribution >= 4 is 15.9 Å². The summed E-state index contributed by atoms with van der Waals surface area (Å²) in [6.45, 7) is 2.12. The average molecular weight is 288 g/mol. The fourth-order valence-corrected chi connectivity index (χ4v) is 2.68. The molecule has 0 bridgehead atoms. The van der Waals surface area contributed by atoms with E-state index in [-0.39, 0.29) is 6.04 Å². The molecule has 1 aromatic rings. The fraction of sp³-hybridized carbons (Fsp3) is 0.667. The third kappa shape index (κ3) is 2.67. The van der Waals surface area contributed by atoms with Crippen molar-refractivity contribution in [1.29, 1.82) is 0 Å². The number of methoxy groups -OCH3 is 1. The number of furan rings is 1. The van der Waals surface area contributed by atoms with E-state index in [2.05, 4.69) is 28.2 Å². The van der Waals surface area contributed by atoms with E-state index in [1.54, 1.807) is 7.11 Å². The van der Waals surface area contributed by atoms with E-state index in [1.165, 1.54) is 12.8 Å². The maximum atomic E-state index is 5.54. The van der Waals surface area contributed by atoms with Gasteiger partial charge >= 0.3 is 0 Å². The van der Waals surface area contributed by atoms with Crippen molar-refractivity contribution in [2.75, 3.05) is 7.11 Å². The lowest BCUT2D eigenvalue weighted by Crippen LogP contribution is -2.38. The van der Waals surface area contributed by atoms with Crippen molar-refractivity contribution in [3.63, 3.8) is 0 Å². The molecule has 0 radical (unpaired) electrons. The summed E-state index contributed by atoms with van der Waals surface area (Å²) in [5.41, 5.74) is 0. The Hall–Kier alpha value is -0.320. The van der Waals surface area contributed by atoms with Gasteiger partial charge in [-0.2, -0.15) is 0 Å². The summed E-state index contributed by atoms with van der Waals surface area (Å²) < 4.78 is 11.8. The van der Waals surface area contributed by atoms with Crippen LogP contribution in [0.2, 0.25) is 0 Å². The molecule has 3 nitrogen and oxygen atoms in total. The highest BCUT2D eigenvalue weighted by Crippen LogP contribution is 2.26. The van der Waals surface area contributed by atoms with Crippen molar-refractivity contribution in [2.45, 2.75) is 44.4 Å². The quantitative estimate of drug-likeness (QED) is 0.923. The van der Waals surface area contributed by atoms with Gasteiger partial charge in [0.05, 0.1) is 12.1 Å². The second-order valence-corrected chi connectivity index (χ2v) is 5.12. The number of hydrogen-bond acceptors (Lipinski definition) is 3. The highest BCUT2D eigenvalue weighted by molar-refractivity contribution is 9.10. The highest BCUT2D eigenvalue weighted by Gasteiger charge is 2.28. The van der Waals surface area contributed by atoms with Crippen LogP contribution in [0.4, 0.5) is 0 Å². The normalized spacial score (nSPS) is 27.2. The molecule has 16 heavy (non-hydrogen) atoms. The zero-order chi connectivity index (χ0) is 11.5. The first-order valence-electron chi connectivity index (χ1n) is 5.75. The predicted octanol–water partition coefficient (Wildman–Crippen LogP) is 3.26. The lowest BCUT2D eigenvalue weighted by molar-refractivity contribution is 0.0809. The summed E-state index contributed by atoms with van der Waals surface area (Å²) in [6.07, 6.45) is 3.93. The Morgan fingerprint density at radius 1 is 1.50 bits per heavy atom. The molecule has 0 amide bonds. The van der Waals surface area contributed by atoms with Gasteiger partial charge in [0.2, 0.25) is 0 Å². The molecule has 90 valence electrons. The minimum absolute atomic E-state index is 0.229. The van der Waals surface area contributed by atoms with Gasteiger partial charge in [0.1, 0.15) is 5.76 Å². The molecule has 1 aliphatic carbocycles. The van der Waals surface area contributed by atoms with Crippen molar-refractivity contribution in [3.8, 4) is 0 Å². The first-order valence-corrected chi connectivity index (χ1v) is 6.54. The third-order valence-electron chi connectivity index (χ3n) is 3.24. The summed E-state index contributed by atoms with van der Waals surface area (Å²) in [5.74, 6) is 0.966.